The van der Waals surface area contributed by atoms with Crippen molar-refractivity contribution in [2.45, 2.75) is 18.8 Å². The van der Waals surface area contributed by atoms with Gasteiger partial charge in [0.1, 0.15) is 12.3 Å². The summed E-state index contributed by atoms with van der Waals surface area (Å²) in [4.78, 5) is 0. The lowest BCUT2D eigenvalue weighted by Crippen LogP contribution is -2.38. The van der Waals surface area contributed by atoms with Gasteiger partial charge in [0.15, 0.2) is 0 Å². The Hall–Kier alpha value is 0.110. The molecule has 2 atom stereocenters. The van der Waals surface area contributed by atoms with E-state index in [0.717, 1.165) is 0 Å². The Labute approximate surface area is 59.2 Å². The molecule has 0 aromatic carbocycles. The molecule has 0 spiro atoms. The first-order valence-electron chi connectivity index (χ1n) is 2.78. The van der Waals surface area contributed by atoms with Crippen molar-refractivity contribution in [1.29, 1.82) is 0 Å². The van der Waals surface area contributed by atoms with Gasteiger partial charge in [-0.1, -0.05) is 0 Å². The van der Waals surface area contributed by atoms with Gasteiger partial charge in [-0.3, -0.25) is 0 Å². The molecule has 0 aliphatic carbocycles. The Kier molecular flexibility index (Phi) is 4.06. The summed E-state index contributed by atoms with van der Waals surface area (Å²) in [6.45, 7) is 0.640. The minimum Gasteiger partial charge on any atom is -0.311 e. The molecule has 0 radical (unpaired) electrons. The van der Waals surface area contributed by atoms with Gasteiger partial charge in [0.2, 0.25) is 0 Å². The monoisotopic (exact) mass is 157 g/mol. The summed E-state index contributed by atoms with van der Waals surface area (Å²) in [5, 5.41) is 2.63. The topological polar surface area (TPSA) is 12.0 Å². The van der Waals surface area contributed by atoms with Crippen LogP contribution in [0, 0.1) is 0 Å². The lowest BCUT2D eigenvalue weighted by Gasteiger charge is -2.18. The summed E-state index contributed by atoms with van der Waals surface area (Å²) < 4.78 is 24.3. The Balaban J connectivity index is 0.000000640. The third kappa shape index (κ3) is 2.96. The van der Waals surface area contributed by atoms with E-state index in [-0.39, 0.29) is 18.8 Å². The maximum absolute atomic E-state index is 12.1. The Bertz CT molecular complexity index is 73.4. The van der Waals surface area contributed by atoms with Crippen LogP contribution in [0.4, 0.5) is 8.78 Å². The predicted octanol–water partition coefficient (Wildman–Crippen LogP) is 1.08. The third-order valence-corrected chi connectivity index (χ3v) is 1.24. The van der Waals surface area contributed by atoms with E-state index in [1.807, 2.05) is 0 Å². The van der Waals surface area contributed by atoms with Crippen molar-refractivity contribution in [1.82, 2.24) is 5.32 Å². The van der Waals surface area contributed by atoms with Crippen molar-refractivity contribution in [3.8, 4) is 0 Å². The van der Waals surface area contributed by atoms with Crippen molar-refractivity contribution >= 4 is 12.4 Å². The second kappa shape index (κ2) is 4.01. The van der Waals surface area contributed by atoms with Crippen LogP contribution in [0.15, 0.2) is 0 Å². The van der Waals surface area contributed by atoms with Crippen LogP contribution in [0.1, 0.15) is 6.42 Å². The summed E-state index contributed by atoms with van der Waals surface area (Å²) in [5.41, 5.74) is 0. The quantitative estimate of drug-likeness (QED) is 0.555. The van der Waals surface area contributed by atoms with Gasteiger partial charge in [0.05, 0.1) is 0 Å². The molecule has 56 valence electrons. The number of halogens is 3. The zero-order valence-electron chi connectivity index (χ0n) is 4.94. The van der Waals surface area contributed by atoms with Gasteiger partial charge in [-0.2, -0.15) is 0 Å². The summed E-state index contributed by atoms with van der Waals surface area (Å²) in [7, 11) is 0. The van der Waals surface area contributed by atoms with Crippen LogP contribution in [0.5, 0.6) is 0 Å². The molecule has 0 aromatic rings. The van der Waals surface area contributed by atoms with E-state index >= 15 is 0 Å². The Morgan fingerprint density at radius 1 is 1.11 bits per heavy atom. The van der Waals surface area contributed by atoms with E-state index in [9.17, 15) is 8.78 Å². The lowest BCUT2D eigenvalue weighted by atomic mass is 10.1. The minimum absolute atomic E-state index is 0. The molecular formula is C5H10ClF2N. The molecule has 1 fully saturated rings. The standard InChI is InChI=1S/C5H9F2N.ClH/c6-4-1-5(7)3-8-2-4;/h4-5,8H,1-3H2;1H/t4-,5?;/m0./s1. The van der Waals surface area contributed by atoms with Gasteiger partial charge in [0, 0.05) is 19.5 Å². The zero-order valence-corrected chi connectivity index (χ0v) is 5.76. The zero-order chi connectivity index (χ0) is 5.98. The first-order valence-corrected chi connectivity index (χ1v) is 2.78. The normalized spacial score (nSPS) is 35.3. The maximum atomic E-state index is 12.1. The minimum atomic E-state index is -0.973. The smallest absolute Gasteiger partial charge is 0.115 e. The molecule has 9 heavy (non-hydrogen) atoms. The fourth-order valence-electron chi connectivity index (χ4n) is 0.841. The summed E-state index contributed by atoms with van der Waals surface area (Å²) >= 11 is 0. The van der Waals surface area contributed by atoms with Gasteiger partial charge < -0.3 is 5.32 Å². The highest BCUT2D eigenvalue weighted by molar-refractivity contribution is 5.85. The molecule has 1 rings (SSSR count). The molecule has 1 aliphatic heterocycles. The molecular weight excluding hydrogens is 148 g/mol. The number of hydrogen-bond donors (Lipinski definition) is 1. The number of rotatable bonds is 0. The van der Waals surface area contributed by atoms with Gasteiger partial charge in [-0.05, 0) is 0 Å². The van der Waals surface area contributed by atoms with Crippen LogP contribution in [0.3, 0.4) is 0 Å². The van der Waals surface area contributed by atoms with Crippen molar-refractivity contribution in [2.75, 3.05) is 13.1 Å². The highest BCUT2D eigenvalue weighted by Gasteiger charge is 2.19. The van der Waals surface area contributed by atoms with Gasteiger partial charge in [0.25, 0.3) is 0 Å². The molecule has 0 saturated carbocycles. The van der Waals surface area contributed by atoms with Crippen LogP contribution in [-0.4, -0.2) is 25.4 Å². The van der Waals surface area contributed by atoms with Crippen LogP contribution in [-0.2, 0) is 0 Å². The van der Waals surface area contributed by atoms with Crippen molar-refractivity contribution in [2.24, 2.45) is 0 Å². The third-order valence-electron chi connectivity index (χ3n) is 1.24. The molecule has 1 heterocycles. The van der Waals surface area contributed by atoms with Gasteiger partial charge in [-0.25, -0.2) is 8.78 Å². The average molecular weight is 158 g/mol. The molecule has 1 nitrogen and oxygen atoms in total. The second-order valence-corrected chi connectivity index (χ2v) is 2.09. The van der Waals surface area contributed by atoms with Crippen LogP contribution >= 0.6 is 12.4 Å². The molecule has 0 aromatic heterocycles. The summed E-state index contributed by atoms with van der Waals surface area (Å²) in [5.74, 6) is 0. The van der Waals surface area contributed by atoms with E-state index in [0.29, 0.717) is 13.1 Å². The van der Waals surface area contributed by atoms with Crippen LogP contribution in [0.25, 0.3) is 0 Å². The molecule has 0 amide bonds. The molecule has 4 heteroatoms. The van der Waals surface area contributed by atoms with E-state index < -0.39 is 12.3 Å². The van der Waals surface area contributed by atoms with Crippen molar-refractivity contribution in [3.63, 3.8) is 0 Å². The fraction of sp³-hybridized carbons (Fsp3) is 1.00. The average Bonchev–Trinajstić information content (AvgIpc) is 1.64. The lowest BCUT2D eigenvalue weighted by molar-refractivity contribution is 0.173. The van der Waals surface area contributed by atoms with E-state index in [2.05, 4.69) is 5.32 Å². The number of nitrogens with one attached hydrogen (secondary N) is 1. The number of alkyl halides is 2. The fourth-order valence-corrected chi connectivity index (χ4v) is 0.841. The SMILES string of the molecule is Cl.FC1CNC[C@@H](F)C1. The first kappa shape index (κ1) is 9.11. The molecule has 1 unspecified atom stereocenters. The molecule has 1 saturated heterocycles. The summed E-state index contributed by atoms with van der Waals surface area (Å²) in [6, 6.07) is 0. The molecule has 1 N–H and O–H groups in total. The summed E-state index contributed by atoms with van der Waals surface area (Å²) in [6.07, 6.45) is -1.87. The van der Waals surface area contributed by atoms with Gasteiger partial charge in [-0.15, -0.1) is 12.4 Å². The highest BCUT2D eigenvalue weighted by atomic mass is 35.5. The molecule has 1 aliphatic rings. The molecule has 0 bridgehead atoms. The van der Waals surface area contributed by atoms with E-state index in [1.165, 1.54) is 0 Å². The van der Waals surface area contributed by atoms with Crippen molar-refractivity contribution < 1.29 is 8.78 Å². The van der Waals surface area contributed by atoms with Gasteiger partial charge >= 0.3 is 0 Å². The van der Waals surface area contributed by atoms with E-state index in [1.54, 1.807) is 0 Å². The predicted molar refractivity (Wildman–Crippen MR) is 34.5 cm³/mol. The second-order valence-electron chi connectivity index (χ2n) is 2.09. The number of hydrogen-bond acceptors (Lipinski definition) is 1. The van der Waals surface area contributed by atoms with Crippen molar-refractivity contribution in [3.05, 3.63) is 0 Å². The highest BCUT2D eigenvalue weighted by Crippen LogP contribution is 2.08. The largest absolute Gasteiger partial charge is 0.311 e. The maximum Gasteiger partial charge on any atom is 0.115 e. The first-order chi connectivity index (χ1) is 3.79. The van der Waals surface area contributed by atoms with Crippen LogP contribution in [0.2, 0.25) is 0 Å². The Morgan fingerprint density at radius 2 is 1.56 bits per heavy atom. The number of piperidine rings is 1. The van der Waals surface area contributed by atoms with E-state index in [4.69, 9.17) is 0 Å². The van der Waals surface area contributed by atoms with Crippen LogP contribution < -0.4 is 5.32 Å². The Morgan fingerprint density at radius 3 is 1.78 bits per heavy atom.